The predicted octanol–water partition coefficient (Wildman–Crippen LogP) is 3.39. The van der Waals surface area contributed by atoms with E-state index in [9.17, 15) is 9.59 Å². The molecule has 0 aromatic heterocycles. The van der Waals surface area contributed by atoms with Crippen molar-refractivity contribution < 1.29 is 19.8 Å². The highest BCUT2D eigenvalue weighted by atomic mass is 79.9. The number of rotatable bonds is 2. The van der Waals surface area contributed by atoms with Crippen LogP contribution in [-0.4, -0.2) is 22.2 Å². The van der Waals surface area contributed by atoms with Crippen LogP contribution in [-0.2, 0) is 4.79 Å². The summed E-state index contributed by atoms with van der Waals surface area (Å²) in [5, 5.41) is 16.4. The van der Waals surface area contributed by atoms with Gasteiger partial charge in [0, 0.05) is 15.4 Å². The van der Waals surface area contributed by atoms with Crippen LogP contribution in [0.25, 0.3) is 0 Å². The van der Waals surface area contributed by atoms with Crippen LogP contribution in [0.15, 0.2) is 27.1 Å². The number of halogens is 2. The van der Waals surface area contributed by atoms with Crippen molar-refractivity contribution in [2.24, 2.45) is 0 Å². The van der Waals surface area contributed by atoms with E-state index in [2.05, 4.69) is 31.9 Å². The van der Waals surface area contributed by atoms with E-state index in [4.69, 9.17) is 10.2 Å². The molecule has 0 radical (unpaired) electrons. The maximum atomic E-state index is 10.5. The van der Waals surface area contributed by atoms with Gasteiger partial charge in [0.1, 0.15) is 0 Å². The van der Waals surface area contributed by atoms with Gasteiger partial charge in [-0.15, -0.1) is 0 Å². The molecule has 0 saturated carbocycles. The summed E-state index contributed by atoms with van der Waals surface area (Å²) in [5.41, 5.74) is 0.263. The fraction of sp³-hybridized carbons (Fsp3) is 0.200. The number of aliphatic carboxylic acids is 1. The van der Waals surface area contributed by atoms with E-state index in [-0.39, 0.29) is 12.0 Å². The van der Waals surface area contributed by atoms with Gasteiger partial charge in [-0.1, -0.05) is 13.0 Å². The molecule has 0 aliphatic rings. The zero-order chi connectivity index (χ0) is 12.7. The van der Waals surface area contributed by atoms with Crippen molar-refractivity contribution in [1.82, 2.24) is 0 Å². The van der Waals surface area contributed by atoms with Crippen LogP contribution in [0.2, 0.25) is 0 Å². The molecule has 4 nitrogen and oxygen atoms in total. The van der Waals surface area contributed by atoms with Gasteiger partial charge in [-0.2, -0.15) is 0 Å². The van der Waals surface area contributed by atoms with Crippen molar-refractivity contribution in [2.45, 2.75) is 13.3 Å². The molecular formula is C10H10Br2O4. The molecule has 2 N–H and O–H groups in total. The van der Waals surface area contributed by atoms with Gasteiger partial charge in [-0.05, 0) is 44.0 Å². The normalized spacial score (nSPS) is 8.94. The minimum atomic E-state index is -0.932. The van der Waals surface area contributed by atoms with Gasteiger partial charge in [0.2, 0.25) is 0 Å². The minimum absolute atomic E-state index is 0.222. The summed E-state index contributed by atoms with van der Waals surface area (Å²) in [7, 11) is 0. The molecule has 0 unspecified atom stereocenters. The van der Waals surface area contributed by atoms with Gasteiger partial charge < -0.3 is 10.2 Å². The highest BCUT2D eigenvalue weighted by Crippen LogP contribution is 2.26. The van der Waals surface area contributed by atoms with E-state index in [0.717, 1.165) is 4.47 Å². The Morgan fingerprint density at radius 3 is 2.06 bits per heavy atom. The zero-order valence-electron chi connectivity index (χ0n) is 8.41. The number of carboxylic acid groups (broad SMARTS) is 2. The average molecular weight is 354 g/mol. The van der Waals surface area contributed by atoms with Crippen LogP contribution in [0.1, 0.15) is 23.7 Å². The molecular weight excluding hydrogens is 344 g/mol. The molecule has 1 aromatic rings. The number of benzene rings is 1. The first kappa shape index (κ1) is 15.1. The van der Waals surface area contributed by atoms with E-state index >= 15 is 0 Å². The maximum absolute atomic E-state index is 10.5. The molecule has 0 aliphatic heterocycles. The second-order valence-electron chi connectivity index (χ2n) is 2.65. The molecule has 0 heterocycles. The Labute approximate surface area is 110 Å². The van der Waals surface area contributed by atoms with E-state index in [1.54, 1.807) is 19.1 Å². The first-order valence-electron chi connectivity index (χ1n) is 4.29. The standard InChI is InChI=1S/C7H4Br2O2.C3H6O2/c8-5-3-1-2-4(6(5)9)7(10)11;1-2-3(4)5/h1-3H,(H,10,11);2H2,1H3,(H,4,5). The average Bonchev–Trinajstić information content (AvgIpc) is 2.22. The maximum Gasteiger partial charge on any atom is 0.336 e. The quantitative estimate of drug-likeness (QED) is 0.854. The summed E-state index contributed by atoms with van der Waals surface area (Å²) in [4.78, 5) is 19.9. The number of carboxylic acids is 2. The third-order valence-electron chi connectivity index (χ3n) is 1.48. The highest BCUT2D eigenvalue weighted by Gasteiger charge is 2.08. The fourth-order valence-corrected chi connectivity index (χ4v) is 1.47. The molecule has 0 saturated heterocycles. The van der Waals surface area contributed by atoms with Crippen LogP contribution >= 0.6 is 31.9 Å². The lowest BCUT2D eigenvalue weighted by atomic mass is 10.2. The largest absolute Gasteiger partial charge is 0.481 e. The lowest BCUT2D eigenvalue weighted by Crippen LogP contribution is -1.96. The van der Waals surface area contributed by atoms with E-state index in [0.29, 0.717) is 4.47 Å². The minimum Gasteiger partial charge on any atom is -0.481 e. The van der Waals surface area contributed by atoms with Gasteiger partial charge in [0.15, 0.2) is 0 Å². The molecule has 16 heavy (non-hydrogen) atoms. The van der Waals surface area contributed by atoms with Crippen molar-refractivity contribution >= 4 is 43.8 Å². The molecule has 1 aromatic carbocycles. The number of carbonyl (C=O) groups is 2. The Morgan fingerprint density at radius 1 is 1.25 bits per heavy atom. The van der Waals surface area contributed by atoms with Gasteiger partial charge in [-0.25, -0.2) is 4.79 Å². The highest BCUT2D eigenvalue weighted by molar-refractivity contribution is 9.13. The molecule has 0 amide bonds. The number of hydrogen-bond acceptors (Lipinski definition) is 2. The van der Waals surface area contributed by atoms with Crippen LogP contribution < -0.4 is 0 Å². The molecule has 0 spiro atoms. The van der Waals surface area contributed by atoms with E-state index < -0.39 is 11.9 Å². The summed E-state index contributed by atoms with van der Waals surface area (Å²) in [6.07, 6.45) is 0.222. The van der Waals surface area contributed by atoms with Crippen LogP contribution in [0.5, 0.6) is 0 Å². The van der Waals surface area contributed by atoms with Crippen LogP contribution in [0, 0.1) is 0 Å². The predicted molar refractivity (Wildman–Crippen MR) is 66.7 cm³/mol. The third kappa shape index (κ3) is 5.27. The van der Waals surface area contributed by atoms with Crippen LogP contribution in [0.4, 0.5) is 0 Å². The lowest BCUT2D eigenvalue weighted by molar-refractivity contribution is -0.136. The summed E-state index contributed by atoms with van der Waals surface area (Å²) in [6, 6.07) is 4.99. The Kier molecular flexibility index (Phi) is 7.00. The molecule has 0 bridgehead atoms. The van der Waals surface area contributed by atoms with Crippen LogP contribution in [0.3, 0.4) is 0 Å². The SMILES string of the molecule is CCC(=O)O.O=C(O)c1cccc(Br)c1Br. The second kappa shape index (κ2) is 7.40. The molecule has 1 rings (SSSR count). The first-order chi connectivity index (χ1) is 7.40. The van der Waals surface area contributed by atoms with Crippen molar-refractivity contribution in [2.75, 3.05) is 0 Å². The monoisotopic (exact) mass is 352 g/mol. The van der Waals surface area contributed by atoms with Crippen molar-refractivity contribution in [1.29, 1.82) is 0 Å². The number of aromatic carboxylic acids is 1. The van der Waals surface area contributed by atoms with Crippen molar-refractivity contribution in [3.63, 3.8) is 0 Å². The first-order valence-corrected chi connectivity index (χ1v) is 5.87. The molecule has 0 fully saturated rings. The topological polar surface area (TPSA) is 74.6 Å². The smallest absolute Gasteiger partial charge is 0.336 e. The van der Waals surface area contributed by atoms with Gasteiger partial charge in [0.05, 0.1) is 5.56 Å². The molecule has 0 atom stereocenters. The molecule has 0 aliphatic carbocycles. The third-order valence-corrected chi connectivity index (χ3v) is 3.53. The van der Waals surface area contributed by atoms with Gasteiger partial charge >= 0.3 is 11.9 Å². The van der Waals surface area contributed by atoms with Gasteiger partial charge in [0.25, 0.3) is 0 Å². The summed E-state index contributed by atoms with van der Waals surface area (Å²) in [6.45, 7) is 1.60. The Balaban J connectivity index is 0.000000385. The Hall–Kier alpha value is -0.880. The second-order valence-corrected chi connectivity index (χ2v) is 4.30. The zero-order valence-corrected chi connectivity index (χ0v) is 11.6. The van der Waals surface area contributed by atoms with E-state index in [1.165, 1.54) is 6.07 Å². The molecule has 88 valence electrons. The van der Waals surface area contributed by atoms with Crippen molar-refractivity contribution in [3.8, 4) is 0 Å². The fourth-order valence-electron chi connectivity index (χ4n) is 0.669. The summed E-state index contributed by atoms with van der Waals surface area (Å²) < 4.78 is 1.32. The van der Waals surface area contributed by atoms with E-state index in [1.807, 2.05) is 0 Å². The molecule has 6 heteroatoms. The van der Waals surface area contributed by atoms with Gasteiger partial charge in [-0.3, -0.25) is 4.79 Å². The summed E-state index contributed by atoms with van der Waals surface area (Å²) in [5.74, 6) is -1.68. The summed E-state index contributed by atoms with van der Waals surface area (Å²) >= 11 is 6.36. The Morgan fingerprint density at radius 2 is 1.75 bits per heavy atom. The van der Waals surface area contributed by atoms with Crippen molar-refractivity contribution in [3.05, 3.63) is 32.7 Å². The Bertz CT molecular complexity index is 390. The number of hydrogen-bond donors (Lipinski definition) is 2. The lowest BCUT2D eigenvalue weighted by Gasteiger charge is -1.99.